The molecule has 4 heterocycles. The third kappa shape index (κ3) is 1.54. The van der Waals surface area contributed by atoms with E-state index in [2.05, 4.69) is 13.8 Å². The molecule has 5 fully saturated rings. The predicted octanol–water partition coefficient (Wildman–Crippen LogP) is 2.87. The second-order valence-electron chi connectivity index (χ2n) is 7.22. The van der Waals surface area contributed by atoms with Crippen LogP contribution in [0, 0.1) is 23.7 Å². The van der Waals surface area contributed by atoms with Gasteiger partial charge in [-0.05, 0) is 43.9 Å². The van der Waals surface area contributed by atoms with E-state index in [1.165, 1.54) is 12.8 Å². The SMILES string of the molecule is C[C@@H]1CC[C@H]2[C@@H](C)COC3O[C@@]4(C)CC[C@@H]1[C@]32OO4. The lowest BCUT2D eigenvalue weighted by Gasteiger charge is -2.58. The van der Waals surface area contributed by atoms with Crippen LogP contribution in [0.25, 0.3) is 0 Å². The van der Waals surface area contributed by atoms with Crippen LogP contribution in [0.2, 0.25) is 0 Å². The molecule has 4 saturated heterocycles. The van der Waals surface area contributed by atoms with Gasteiger partial charge in [-0.25, -0.2) is 9.78 Å². The molecular weight excluding hydrogens is 244 g/mol. The van der Waals surface area contributed by atoms with E-state index in [0.29, 0.717) is 23.7 Å². The first-order valence-corrected chi connectivity index (χ1v) is 7.71. The van der Waals surface area contributed by atoms with Crippen LogP contribution in [0.4, 0.5) is 0 Å². The van der Waals surface area contributed by atoms with Crippen molar-refractivity contribution in [3.05, 3.63) is 0 Å². The fourth-order valence-electron chi connectivity index (χ4n) is 4.88. The molecular formula is C15H24O4. The van der Waals surface area contributed by atoms with Crippen LogP contribution in [0.1, 0.15) is 46.5 Å². The van der Waals surface area contributed by atoms with Gasteiger partial charge in [0.25, 0.3) is 0 Å². The van der Waals surface area contributed by atoms with Crippen LogP contribution in [-0.2, 0) is 19.2 Å². The van der Waals surface area contributed by atoms with Crippen molar-refractivity contribution in [1.29, 1.82) is 0 Å². The largest absolute Gasteiger partial charge is 0.349 e. The summed E-state index contributed by atoms with van der Waals surface area (Å²) < 4.78 is 12.2. The van der Waals surface area contributed by atoms with Crippen LogP contribution in [0.15, 0.2) is 0 Å². The van der Waals surface area contributed by atoms with Gasteiger partial charge in [-0.2, -0.15) is 0 Å². The highest BCUT2D eigenvalue weighted by Gasteiger charge is 2.67. The molecule has 5 aliphatic rings. The highest BCUT2D eigenvalue weighted by Crippen LogP contribution is 2.59. The van der Waals surface area contributed by atoms with Crippen molar-refractivity contribution < 1.29 is 19.2 Å². The average Bonchev–Trinajstić information content (AvgIpc) is 2.61. The lowest BCUT2D eigenvalue weighted by Crippen LogP contribution is -2.68. The van der Waals surface area contributed by atoms with Crippen LogP contribution < -0.4 is 0 Å². The van der Waals surface area contributed by atoms with E-state index in [1.807, 2.05) is 6.92 Å². The Morgan fingerprint density at radius 2 is 1.74 bits per heavy atom. The summed E-state index contributed by atoms with van der Waals surface area (Å²) in [5.41, 5.74) is -0.370. The maximum Gasteiger partial charge on any atom is 0.201 e. The van der Waals surface area contributed by atoms with E-state index in [9.17, 15) is 0 Å². The molecule has 0 N–H and O–H groups in total. The van der Waals surface area contributed by atoms with Crippen LogP contribution >= 0.6 is 0 Å². The number of hydrogen-bond donors (Lipinski definition) is 0. The van der Waals surface area contributed by atoms with Gasteiger partial charge in [0.2, 0.25) is 5.79 Å². The van der Waals surface area contributed by atoms with Gasteiger partial charge >= 0.3 is 0 Å². The van der Waals surface area contributed by atoms with E-state index >= 15 is 0 Å². The summed E-state index contributed by atoms with van der Waals surface area (Å²) in [5.74, 6) is 1.53. The molecule has 1 unspecified atom stereocenters. The van der Waals surface area contributed by atoms with Crippen molar-refractivity contribution in [2.75, 3.05) is 6.61 Å². The standard InChI is InChI=1S/C15H24O4/c1-9-4-5-11-10(2)8-16-13-15(11)12(9)6-7-14(3,17-13)18-19-15/h9-13H,4-8H2,1-3H3/t9-,10+,11+,12+,13?,14-,15+/m1/s1. The summed E-state index contributed by atoms with van der Waals surface area (Å²) in [6.45, 7) is 7.36. The zero-order valence-electron chi connectivity index (χ0n) is 12.1. The molecule has 0 aromatic heterocycles. The minimum Gasteiger partial charge on any atom is -0.349 e. The third-order valence-corrected chi connectivity index (χ3v) is 5.97. The molecule has 0 amide bonds. The quantitative estimate of drug-likeness (QED) is 0.633. The molecule has 7 atom stereocenters. The van der Waals surface area contributed by atoms with Crippen molar-refractivity contribution in [2.45, 2.75) is 64.1 Å². The molecule has 1 saturated carbocycles. The second kappa shape index (κ2) is 3.94. The first-order valence-electron chi connectivity index (χ1n) is 7.71. The van der Waals surface area contributed by atoms with Gasteiger partial charge in [-0.15, -0.1) is 0 Å². The molecule has 108 valence electrons. The molecule has 4 aliphatic heterocycles. The fourth-order valence-corrected chi connectivity index (χ4v) is 4.88. The summed E-state index contributed by atoms with van der Waals surface area (Å²) in [7, 11) is 0. The molecule has 4 nitrogen and oxygen atoms in total. The van der Waals surface area contributed by atoms with Crippen molar-refractivity contribution in [1.82, 2.24) is 0 Å². The second-order valence-corrected chi connectivity index (χ2v) is 7.22. The van der Waals surface area contributed by atoms with E-state index in [-0.39, 0.29) is 11.9 Å². The third-order valence-electron chi connectivity index (χ3n) is 5.97. The molecule has 19 heavy (non-hydrogen) atoms. The molecule has 1 spiro atoms. The molecule has 2 bridgehead atoms. The van der Waals surface area contributed by atoms with E-state index in [4.69, 9.17) is 19.2 Å². The zero-order valence-corrected chi connectivity index (χ0v) is 12.1. The van der Waals surface area contributed by atoms with Gasteiger partial charge in [-0.1, -0.05) is 13.8 Å². The molecule has 4 heteroatoms. The Morgan fingerprint density at radius 3 is 2.58 bits per heavy atom. The van der Waals surface area contributed by atoms with Gasteiger partial charge in [0, 0.05) is 12.3 Å². The first-order chi connectivity index (χ1) is 9.05. The van der Waals surface area contributed by atoms with E-state index in [1.54, 1.807) is 0 Å². The lowest BCUT2D eigenvalue weighted by molar-refractivity contribution is -0.566. The van der Waals surface area contributed by atoms with Crippen molar-refractivity contribution in [3.63, 3.8) is 0 Å². The topological polar surface area (TPSA) is 36.9 Å². The molecule has 0 radical (unpaired) electrons. The minimum absolute atomic E-state index is 0.248. The minimum atomic E-state index is -0.627. The number of fused-ring (bicyclic) bond motifs is 2. The highest BCUT2D eigenvalue weighted by molar-refractivity contribution is 5.08. The van der Waals surface area contributed by atoms with Gasteiger partial charge in [0.1, 0.15) is 0 Å². The highest BCUT2D eigenvalue weighted by atomic mass is 17.3. The zero-order chi connectivity index (χ0) is 13.3. The number of hydrogen-bond acceptors (Lipinski definition) is 4. The number of ether oxygens (including phenoxy) is 2. The monoisotopic (exact) mass is 268 g/mol. The summed E-state index contributed by atoms with van der Waals surface area (Å²) >= 11 is 0. The summed E-state index contributed by atoms with van der Waals surface area (Å²) in [5, 5.41) is 0. The maximum absolute atomic E-state index is 6.16. The van der Waals surface area contributed by atoms with E-state index in [0.717, 1.165) is 19.4 Å². The van der Waals surface area contributed by atoms with Crippen LogP contribution in [0.3, 0.4) is 0 Å². The molecule has 5 rings (SSSR count). The summed E-state index contributed by atoms with van der Waals surface area (Å²) in [6.07, 6.45) is 4.24. The summed E-state index contributed by atoms with van der Waals surface area (Å²) in [4.78, 5) is 11.7. The van der Waals surface area contributed by atoms with Crippen molar-refractivity contribution in [3.8, 4) is 0 Å². The molecule has 0 aromatic carbocycles. The van der Waals surface area contributed by atoms with Crippen molar-refractivity contribution in [2.24, 2.45) is 23.7 Å². The average molecular weight is 268 g/mol. The van der Waals surface area contributed by atoms with Gasteiger partial charge in [0.05, 0.1) is 6.61 Å². The Hall–Kier alpha value is -0.160. The van der Waals surface area contributed by atoms with Crippen molar-refractivity contribution >= 4 is 0 Å². The summed E-state index contributed by atoms with van der Waals surface area (Å²) in [6, 6.07) is 0. The Labute approximate surface area is 114 Å². The normalized spacial score (nSPS) is 60.5. The smallest absolute Gasteiger partial charge is 0.201 e. The van der Waals surface area contributed by atoms with Gasteiger partial charge in [-0.3, -0.25) is 0 Å². The van der Waals surface area contributed by atoms with E-state index < -0.39 is 5.79 Å². The number of rotatable bonds is 0. The molecule has 1 aliphatic carbocycles. The Kier molecular flexibility index (Phi) is 2.61. The van der Waals surface area contributed by atoms with Gasteiger partial charge < -0.3 is 9.47 Å². The Morgan fingerprint density at radius 1 is 0.947 bits per heavy atom. The predicted molar refractivity (Wildman–Crippen MR) is 67.9 cm³/mol. The molecule has 0 aromatic rings. The maximum atomic E-state index is 6.16. The van der Waals surface area contributed by atoms with Crippen LogP contribution in [0.5, 0.6) is 0 Å². The van der Waals surface area contributed by atoms with Gasteiger partial charge in [0.15, 0.2) is 11.9 Å². The Balaban J connectivity index is 1.81. The Bertz CT molecular complexity index is 386. The van der Waals surface area contributed by atoms with Crippen LogP contribution in [-0.4, -0.2) is 24.3 Å². The first kappa shape index (κ1) is 12.6. The lowest BCUT2D eigenvalue weighted by atomic mass is 9.58. The fraction of sp³-hybridized carbons (Fsp3) is 1.00.